The van der Waals surface area contributed by atoms with Gasteiger partial charge in [0, 0.05) is 19.5 Å². The van der Waals surface area contributed by atoms with Crippen LogP contribution in [0.3, 0.4) is 0 Å². The molecule has 0 bridgehead atoms. The van der Waals surface area contributed by atoms with Gasteiger partial charge < -0.3 is 10.2 Å². The fourth-order valence-corrected chi connectivity index (χ4v) is 3.00. The second kappa shape index (κ2) is 7.38. The molecule has 2 aromatic rings. The van der Waals surface area contributed by atoms with Gasteiger partial charge in [0.15, 0.2) is 0 Å². The Kier molecular flexibility index (Phi) is 5.16. The highest BCUT2D eigenvalue weighted by Gasteiger charge is 2.40. The summed E-state index contributed by atoms with van der Waals surface area (Å²) in [7, 11) is 0. The molecule has 1 saturated heterocycles. The lowest BCUT2D eigenvalue weighted by Crippen LogP contribution is -2.33. The lowest BCUT2D eigenvalue weighted by molar-refractivity contribution is -0.137. The molecule has 0 radical (unpaired) electrons. The van der Waals surface area contributed by atoms with Crippen LogP contribution in [0.2, 0.25) is 0 Å². The summed E-state index contributed by atoms with van der Waals surface area (Å²) in [6.45, 7) is 0.0180. The first-order valence-corrected chi connectivity index (χ1v) is 8.24. The molecule has 8 heteroatoms. The van der Waals surface area contributed by atoms with Crippen molar-refractivity contribution in [3.05, 3.63) is 65.5 Å². The first-order valence-electron chi connectivity index (χ1n) is 8.24. The number of nitrogens with zero attached hydrogens (tertiary/aromatic N) is 1. The highest BCUT2D eigenvalue weighted by molar-refractivity contribution is 6.00. The van der Waals surface area contributed by atoms with Crippen LogP contribution in [0.5, 0.6) is 0 Å². The van der Waals surface area contributed by atoms with Gasteiger partial charge in [0.1, 0.15) is 5.82 Å². The van der Waals surface area contributed by atoms with Crippen LogP contribution in [0.4, 0.5) is 23.2 Å². The zero-order chi connectivity index (χ0) is 19.6. The maximum absolute atomic E-state index is 13.2. The summed E-state index contributed by atoms with van der Waals surface area (Å²) in [6.07, 6.45) is -4.76. The van der Waals surface area contributed by atoms with E-state index in [0.29, 0.717) is 5.56 Å². The maximum Gasteiger partial charge on any atom is 0.418 e. The van der Waals surface area contributed by atoms with Crippen LogP contribution in [-0.2, 0) is 22.3 Å². The molecule has 4 nitrogen and oxygen atoms in total. The van der Waals surface area contributed by atoms with E-state index in [1.807, 2.05) is 0 Å². The Labute approximate surface area is 152 Å². The number of halogens is 4. The number of para-hydroxylation sites is 1. The molecule has 1 N–H and O–H groups in total. The fourth-order valence-electron chi connectivity index (χ4n) is 3.00. The van der Waals surface area contributed by atoms with Crippen molar-refractivity contribution in [1.82, 2.24) is 5.32 Å². The topological polar surface area (TPSA) is 49.4 Å². The van der Waals surface area contributed by atoms with Crippen LogP contribution in [0.25, 0.3) is 0 Å². The van der Waals surface area contributed by atoms with Crippen molar-refractivity contribution in [3.63, 3.8) is 0 Å². The number of benzene rings is 2. The number of hydrogen-bond donors (Lipinski definition) is 1. The van der Waals surface area contributed by atoms with E-state index in [1.54, 1.807) is 0 Å². The van der Waals surface area contributed by atoms with E-state index >= 15 is 0 Å². The minimum Gasteiger partial charge on any atom is -0.352 e. The molecule has 3 rings (SSSR count). The summed E-state index contributed by atoms with van der Waals surface area (Å²) in [6, 6.07) is 10.3. The second-order valence-corrected chi connectivity index (χ2v) is 6.26. The zero-order valence-corrected chi connectivity index (χ0v) is 14.1. The maximum atomic E-state index is 13.2. The second-order valence-electron chi connectivity index (χ2n) is 6.26. The van der Waals surface area contributed by atoms with Gasteiger partial charge >= 0.3 is 6.18 Å². The first kappa shape index (κ1) is 18.9. The van der Waals surface area contributed by atoms with Crippen molar-refractivity contribution in [2.75, 3.05) is 11.4 Å². The van der Waals surface area contributed by atoms with E-state index in [9.17, 15) is 27.2 Å². The fraction of sp³-hybridized carbons (Fsp3) is 0.263. The molecule has 1 unspecified atom stereocenters. The molecule has 0 saturated carbocycles. The van der Waals surface area contributed by atoms with Crippen molar-refractivity contribution in [2.24, 2.45) is 5.92 Å². The Morgan fingerprint density at radius 1 is 1.11 bits per heavy atom. The van der Waals surface area contributed by atoms with Gasteiger partial charge in [-0.2, -0.15) is 13.2 Å². The molecule has 2 amide bonds. The van der Waals surface area contributed by atoms with Crippen LogP contribution in [0.15, 0.2) is 48.5 Å². The third kappa shape index (κ3) is 4.27. The first-order chi connectivity index (χ1) is 12.8. The molecule has 1 aliphatic heterocycles. The molecular formula is C19H16F4N2O2. The molecule has 0 spiro atoms. The Balaban J connectivity index is 1.69. The lowest BCUT2D eigenvalue weighted by atomic mass is 10.1. The third-order valence-corrected chi connectivity index (χ3v) is 4.38. The molecule has 1 atom stereocenters. The van der Waals surface area contributed by atoms with E-state index in [-0.39, 0.29) is 25.2 Å². The number of alkyl halides is 3. The minimum absolute atomic E-state index is 0.124. The number of rotatable bonds is 4. The van der Waals surface area contributed by atoms with Gasteiger partial charge in [0.05, 0.1) is 17.2 Å². The van der Waals surface area contributed by atoms with Gasteiger partial charge in [0.2, 0.25) is 11.8 Å². The lowest BCUT2D eigenvalue weighted by Gasteiger charge is -2.21. The average Bonchev–Trinajstić information content (AvgIpc) is 3.02. The van der Waals surface area contributed by atoms with E-state index < -0.39 is 35.3 Å². The Morgan fingerprint density at radius 3 is 2.44 bits per heavy atom. The standard InChI is InChI=1S/C19H16F4N2O2/c20-14-7-5-12(6-8-14)10-24-18(27)13-9-17(26)25(11-13)16-4-2-1-3-15(16)19(21,22)23/h1-8,13H,9-11H2,(H,24,27). The van der Waals surface area contributed by atoms with Crippen LogP contribution < -0.4 is 10.2 Å². The highest BCUT2D eigenvalue weighted by atomic mass is 19.4. The van der Waals surface area contributed by atoms with Gasteiger partial charge in [-0.15, -0.1) is 0 Å². The quantitative estimate of drug-likeness (QED) is 0.826. The van der Waals surface area contributed by atoms with Gasteiger partial charge in [0.25, 0.3) is 0 Å². The van der Waals surface area contributed by atoms with Crippen molar-refractivity contribution < 1.29 is 27.2 Å². The number of nitrogens with one attached hydrogen (secondary N) is 1. The third-order valence-electron chi connectivity index (χ3n) is 4.38. The predicted octanol–water partition coefficient (Wildman–Crippen LogP) is 3.51. The van der Waals surface area contributed by atoms with E-state index in [2.05, 4.69) is 5.32 Å². The van der Waals surface area contributed by atoms with Gasteiger partial charge in [-0.25, -0.2) is 4.39 Å². The van der Waals surface area contributed by atoms with E-state index in [0.717, 1.165) is 11.0 Å². The van der Waals surface area contributed by atoms with Crippen LogP contribution >= 0.6 is 0 Å². The summed E-state index contributed by atoms with van der Waals surface area (Å²) in [5, 5.41) is 2.64. The Bertz CT molecular complexity index is 850. The minimum atomic E-state index is -4.60. The molecule has 2 aromatic carbocycles. The Hall–Kier alpha value is -2.90. The van der Waals surface area contributed by atoms with E-state index in [4.69, 9.17) is 0 Å². The monoisotopic (exact) mass is 380 g/mol. The largest absolute Gasteiger partial charge is 0.418 e. The summed E-state index contributed by atoms with van der Waals surface area (Å²) < 4.78 is 52.4. The van der Waals surface area contributed by atoms with Gasteiger partial charge in [-0.05, 0) is 29.8 Å². The molecule has 1 fully saturated rings. The molecule has 0 aliphatic carbocycles. The number of amides is 2. The predicted molar refractivity (Wildman–Crippen MR) is 90.2 cm³/mol. The van der Waals surface area contributed by atoms with Crippen LogP contribution in [0, 0.1) is 11.7 Å². The summed E-state index contributed by atoms with van der Waals surface area (Å²) in [4.78, 5) is 25.5. The number of carbonyl (C=O) groups excluding carboxylic acids is 2. The normalized spacial score (nSPS) is 17.3. The Morgan fingerprint density at radius 2 is 1.78 bits per heavy atom. The summed E-state index contributed by atoms with van der Waals surface area (Å²) in [5.41, 5.74) is -0.483. The van der Waals surface area contributed by atoms with Gasteiger partial charge in [-0.3, -0.25) is 9.59 Å². The summed E-state index contributed by atoms with van der Waals surface area (Å²) in [5.74, 6) is -2.11. The van der Waals surface area contributed by atoms with Crippen molar-refractivity contribution >= 4 is 17.5 Å². The molecule has 142 valence electrons. The SMILES string of the molecule is O=C(NCc1ccc(F)cc1)C1CC(=O)N(c2ccccc2C(F)(F)F)C1. The van der Waals surface area contributed by atoms with Crippen molar-refractivity contribution in [2.45, 2.75) is 19.1 Å². The van der Waals surface area contributed by atoms with Crippen molar-refractivity contribution in [3.8, 4) is 0 Å². The van der Waals surface area contributed by atoms with E-state index in [1.165, 1.54) is 42.5 Å². The summed E-state index contributed by atoms with van der Waals surface area (Å²) >= 11 is 0. The molecule has 1 heterocycles. The average molecular weight is 380 g/mol. The van der Waals surface area contributed by atoms with Gasteiger partial charge in [-0.1, -0.05) is 24.3 Å². The van der Waals surface area contributed by atoms with Crippen molar-refractivity contribution in [1.29, 1.82) is 0 Å². The number of carbonyl (C=O) groups is 2. The number of hydrogen-bond acceptors (Lipinski definition) is 2. The van der Waals surface area contributed by atoms with Crippen LogP contribution in [-0.4, -0.2) is 18.4 Å². The number of anilines is 1. The molecule has 27 heavy (non-hydrogen) atoms. The molecular weight excluding hydrogens is 364 g/mol. The smallest absolute Gasteiger partial charge is 0.352 e. The molecule has 1 aliphatic rings. The zero-order valence-electron chi connectivity index (χ0n) is 14.1. The molecule has 0 aromatic heterocycles. The highest BCUT2D eigenvalue weighted by Crippen LogP contribution is 2.38. The van der Waals surface area contributed by atoms with Crippen LogP contribution in [0.1, 0.15) is 17.5 Å².